The molecule has 4 aromatic rings. The minimum Gasteiger partial charge on any atom is -0.485 e. The predicted molar refractivity (Wildman–Crippen MR) is 148 cm³/mol. The zero-order valence-electron chi connectivity index (χ0n) is 21.5. The van der Waals surface area contributed by atoms with E-state index in [1.54, 1.807) is 0 Å². The maximum Gasteiger partial charge on any atom is 0.211 e. The molecule has 0 fully saturated rings. The van der Waals surface area contributed by atoms with Crippen molar-refractivity contribution in [3.05, 3.63) is 132 Å². The maximum absolute atomic E-state index is 6.90. The number of ether oxygens (including phenoxy) is 1. The second-order valence-electron chi connectivity index (χ2n) is 10.3. The molecule has 2 aromatic heterocycles. The lowest BCUT2D eigenvalue weighted by molar-refractivity contribution is 0.295. The van der Waals surface area contributed by atoms with E-state index in [0.717, 1.165) is 40.4 Å². The van der Waals surface area contributed by atoms with Gasteiger partial charge in [-0.2, -0.15) is 5.21 Å². The third-order valence-corrected chi connectivity index (χ3v) is 7.60. The third-order valence-electron chi connectivity index (χ3n) is 7.60. The Bertz CT molecular complexity index is 1530. The molecule has 0 aliphatic heterocycles. The van der Waals surface area contributed by atoms with E-state index < -0.39 is 5.41 Å². The van der Waals surface area contributed by atoms with Gasteiger partial charge in [-0.1, -0.05) is 96.3 Å². The Balaban J connectivity index is 1.39. The van der Waals surface area contributed by atoms with Crippen LogP contribution in [0, 0.1) is 0 Å². The number of allylic oxidation sites excluding steroid dienone is 8. The first-order valence-electron chi connectivity index (χ1n) is 12.9. The largest absolute Gasteiger partial charge is 0.485 e. The van der Waals surface area contributed by atoms with Crippen molar-refractivity contribution >= 4 is 0 Å². The lowest BCUT2D eigenvalue weighted by Gasteiger charge is -2.34. The highest BCUT2D eigenvalue weighted by atomic mass is 16.5. The van der Waals surface area contributed by atoms with Gasteiger partial charge in [-0.05, 0) is 49.6 Å². The highest BCUT2D eigenvalue weighted by molar-refractivity contribution is 5.69. The van der Waals surface area contributed by atoms with E-state index in [9.17, 15) is 0 Å². The number of rotatable bonds is 7. The summed E-state index contributed by atoms with van der Waals surface area (Å²) >= 11 is 0. The fraction of sp³-hybridized carbons (Fsp3) is 0.219. The van der Waals surface area contributed by atoms with E-state index in [-0.39, 0.29) is 17.9 Å². The summed E-state index contributed by atoms with van der Waals surface area (Å²) in [6.45, 7) is 4.75. The molecule has 2 aliphatic carbocycles. The van der Waals surface area contributed by atoms with Crippen LogP contribution >= 0.6 is 0 Å². The fourth-order valence-corrected chi connectivity index (χ4v) is 5.42. The number of furan rings is 1. The number of hydrogen-bond donors (Lipinski definition) is 1. The van der Waals surface area contributed by atoms with E-state index in [0.29, 0.717) is 5.82 Å². The molecule has 0 saturated heterocycles. The Hall–Kier alpha value is -4.45. The number of tetrazole rings is 1. The van der Waals surface area contributed by atoms with Crippen LogP contribution in [0.15, 0.2) is 114 Å². The first kappa shape index (κ1) is 23.9. The van der Waals surface area contributed by atoms with Crippen LogP contribution in [-0.4, -0.2) is 20.6 Å². The minimum absolute atomic E-state index is 0.0541. The van der Waals surface area contributed by atoms with Crippen molar-refractivity contribution in [3.8, 4) is 16.9 Å². The molecule has 0 saturated carbocycles. The summed E-state index contributed by atoms with van der Waals surface area (Å²) in [4.78, 5) is 0. The quantitative estimate of drug-likeness (QED) is 0.295. The Morgan fingerprint density at radius 3 is 2.63 bits per heavy atom. The predicted octanol–water partition coefficient (Wildman–Crippen LogP) is 6.98. The van der Waals surface area contributed by atoms with Gasteiger partial charge in [0.25, 0.3) is 0 Å². The molecule has 38 heavy (non-hydrogen) atoms. The van der Waals surface area contributed by atoms with Crippen LogP contribution in [0.3, 0.4) is 0 Å². The molecule has 6 nitrogen and oxygen atoms in total. The monoisotopic (exact) mass is 502 g/mol. The van der Waals surface area contributed by atoms with E-state index in [4.69, 9.17) is 9.15 Å². The van der Waals surface area contributed by atoms with Crippen molar-refractivity contribution < 1.29 is 9.15 Å². The molecule has 0 spiro atoms. The number of benzene rings is 2. The van der Waals surface area contributed by atoms with Gasteiger partial charge < -0.3 is 9.15 Å². The van der Waals surface area contributed by atoms with Crippen molar-refractivity contribution in [2.45, 2.75) is 43.6 Å². The summed E-state index contributed by atoms with van der Waals surface area (Å²) in [5.74, 6) is 3.27. The molecule has 2 aromatic carbocycles. The maximum atomic E-state index is 6.90. The minimum atomic E-state index is -0.395. The van der Waals surface area contributed by atoms with Gasteiger partial charge in [0, 0.05) is 16.9 Å². The molecule has 6 heteroatoms. The molecule has 2 heterocycles. The van der Waals surface area contributed by atoms with Crippen molar-refractivity contribution in [2.75, 3.05) is 0 Å². The summed E-state index contributed by atoms with van der Waals surface area (Å²) in [6.07, 6.45) is 18.3. The molecule has 3 atom stereocenters. The van der Waals surface area contributed by atoms with E-state index in [2.05, 4.69) is 132 Å². The fourth-order valence-electron chi connectivity index (χ4n) is 5.42. The standard InChI is InChI=1S/C32H30N4O2/c1-31(17-8-4-9-18-31)30-26(23-12-5-3-6-13-23)21-28(38-30)32(2)19-10-7-16-27(32)24-14-11-15-25(20-24)37-22-29-33-35-36-34-29/h3-17,19-21,27H,18,22H2,1-2H3,(H,33,34,35,36). The molecule has 6 rings (SSSR count). The van der Waals surface area contributed by atoms with Gasteiger partial charge in [0.1, 0.15) is 17.3 Å². The van der Waals surface area contributed by atoms with Crippen LogP contribution in [0.5, 0.6) is 5.75 Å². The van der Waals surface area contributed by atoms with Crippen molar-refractivity contribution in [1.82, 2.24) is 20.6 Å². The molecule has 0 amide bonds. The second-order valence-corrected chi connectivity index (χ2v) is 10.3. The zero-order valence-corrected chi connectivity index (χ0v) is 21.5. The molecule has 0 radical (unpaired) electrons. The Morgan fingerprint density at radius 1 is 0.974 bits per heavy atom. The molecule has 3 unspecified atom stereocenters. The molecule has 0 bridgehead atoms. The number of aromatic nitrogens is 4. The van der Waals surface area contributed by atoms with Crippen LogP contribution in [0.2, 0.25) is 0 Å². The van der Waals surface area contributed by atoms with Crippen LogP contribution < -0.4 is 4.74 Å². The summed E-state index contributed by atoms with van der Waals surface area (Å²) in [5, 5.41) is 14.0. The van der Waals surface area contributed by atoms with Gasteiger partial charge in [-0.25, -0.2) is 0 Å². The SMILES string of the molecule is CC1(c2oc(C3(C)C=CC=CC3c3cccc(OCc4nn[nH]n4)c3)cc2-c2ccccc2)C=CC=CC1. The molecular formula is C32H30N4O2. The molecule has 190 valence electrons. The highest BCUT2D eigenvalue weighted by Gasteiger charge is 2.40. The van der Waals surface area contributed by atoms with E-state index >= 15 is 0 Å². The molecule has 1 N–H and O–H groups in total. The van der Waals surface area contributed by atoms with Gasteiger partial charge in [-0.15, -0.1) is 10.2 Å². The van der Waals surface area contributed by atoms with Gasteiger partial charge in [0.2, 0.25) is 5.82 Å². The highest BCUT2D eigenvalue weighted by Crippen LogP contribution is 2.49. The lowest BCUT2D eigenvalue weighted by atomic mass is 9.69. The van der Waals surface area contributed by atoms with Crippen molar-refractivity contribution in [1.29, 1.82) is 0 Å². The average Bonchev–Trinajstić information content (AvgIpc) is 3.65. The second kappa shape index (κ2) is 9.78. The topological polar surface area (TPSA) is 76.8 Å². The Kier molecular flexibility index (Phi) is 6.16. The van der Waals surface area contributed by atoms with Gasteiger partial charge >= 0.3 is 0 Å². The smallest absolute Gasteiger partial charge is 0.211 e. The normalized spacial score (nSPS) is 24.1. The van der Waals surface area contributed by atoms with Gasteiger partial charge in [0.05, 0.1) is 5.41 Å². The summed E-state index contributed by atoms with van der Waals surface area (Å²) < 4.78 is 12.9. The number of nitrogens with zero attached hydrogens (tertiary/aromatic N) is 3. The van der Waals surface area contributed by atoms with E-state index in [1.807, 2.05) is 12.1 Å². The number of H-pyrrole nitrogens is 1. The lowest BCUT2D eigenvalue weighted by Crippen LogP contribution is -2.28. The molecule has 2 aliphatic rings. The van der Waals surface area contributed by atoms with Gasteiger partial charge in [0.15, 0.2) is 6.61 Å². The summed E-state index contributed by atoms with van der Waals surface area (Å²) in [7, 11) is 0. The number of hydrogen-bond acceptors (Lipinski definition) is 5. The van der Waals surface area contributed by atoms with Crippen LogP contribution in [0.25, 0.3) is 11.1 Å². The third kappa shape index (κ3) is 4.43. The zero-order chi connectivity index (χ0) is 26.0. The molecular weight excluding hydrogens is 472 g/mol. The van der Waals surface area contributed by atoms with Crippen LogP contribution in [-0.2, 0) is 17.4 Å². The average molecular weight is 503 g/mol. The van der Waals surface area contributed by atoms with E-state index in [1.165, 1.54) is 0 Å². The Labute approximate surface area is 222 Å². The summed E-state index contributed by atoms with van der Waals surface area (Å²) in [6, 6.07) is 21.0. The number of aromatic amines is 1. The van der Waals surface area contributed by atoms with Gasteiger partial charge in [-0.3, -0.25) is 0 Å². The first-order chi connectivity index (χ1) is 18.6. The van der Waals surface area contributed by atoms with Crippen LogP contribution in [0.1, 0.15) is 49.1 Å². The van der Waals surface area contributed by atoms with Crippen molar-refractivity contribution in [3.63, 3.8) is 0 Å². The Morgan fingerprint density at radius 2 is 1.84 bits per heavy atom. The van der Waals surface area contributed by atoms with Crippen molar-refractivity contribution in [2.24, 2.45) is 0 Å². The number of nitrogens with one attached hydrogen (secondary N) is 1. The summed E-state index contributed by atoms with van der Waals surface area (Å²) in [5.41, 5.74) is 2.83. The van der Waals surface area contributed by atoms with Crippen LogP contribution in [0.4, 0.5) is 0 Å². The first-order valence-corrected chi connectivity index (χ1v) is 12.9.